The predicted octanol–water partition coefficient (Wildman–Crippen LogP) is 8.85. The maximum atomic E-state index is 5.85. The number of hydrogen-bond donors (Lipinski definition) is 0. The lowest BCUT2D eigenvalue weighted by Crippen LogP contribution is -2.24. The van der Waals surface area contributed by atoms with Crippen molar-refractivity contribution in [3.8, 4) is 28.6 Å². The van der Waals surface area contributed by atoms with Crippen LogP contribution in [0.3, 0.4) is 0 Å². The lowest BCUT2D eigenvalue weighted by atomic mass is 10.1. The van der Waals surface area contributed by atoms with E-state index in [2.05, 4.69) is 113 Å². The van der Waals surface area contributed by atoms with Gasteiger partial charge in [0.25, 0.3) is 0 Å². The summed E-state index contributed by atoms with van der Waals surface area (Å²) in [5.74, 6) is 3.50. The second kappa shape index (κ2) is 14.8. The monoisotopic (exact) mass is 599 g/mol. The van der Waals surface area contributed by atoms with E-state index in [0.29, 0.717) is 13.2 Å². The summed E-state index contributed by atoms with van der Waals surface area (Å²) in [5.41, 5.74) is 6.85. The molecule has 6 nitrogen and oxygen atoms in total. The summed E-state index contributed by atoms with van der Waals surface area (Å²) in [7, 11) is 0. The lowest BCUT2D eigenvalue weighted by molar-refractivity contribution is 0.174. The van der Waals surface area contributed by atoms with Crippen molar-refractivity contribution in [2.45, 2.75) is 52.9 Å². The van der Waals surface area contributed by atoms with Gasteiger partial charge in [0.15, 0.2) is 11.5 Å². The molecule has 230 valence electrons. The van der Waals surface area contributed by atoms with Crippen LogP contribution >= 0.6 is 0 Å². The number of rotatable bonds is 14. The molecule has 0 spiro atoms. The normalized spacial score (nSPS) is 12.3. The molecule has 1 aliphatic heterocycles. The van der Waals surface area contributed by atoms with E-state index in [1.165, 1.54) is 16.8 Å². The molecule has 0 unspecified atom stereocenters. The summed E-state index contributed by atoms with van der Waals surface area (Å²) in [6.45, 7) is 8.26. The molecule has 0 atom stereocenters. The Morgan fingerprint density at radius 2 is 1.53 bits per heavy atom. The molecule has 4 aromatic carbocycles. The van der Waals surface area contributed by atoms with Crippen molar-refractivity contribution >= 4 is 12.2 Å². The molecule has 1 aliphatic rings. The van der Waals surface area contributed by atoms with Crippen LogP contribution in [0.1, 0.15) is 54.8 Å². The highest BCUT2D eigenvalue weighted by atomic mass is 16.7. The highest BCUT2D eigenvalue weighted by Crippen LogP contribution is 2.34. The third kappa shape index (κ3) is 7.65. The SMILES string of the molecule is CCCCn1c(-c2ccccc2)nc(C=Cc2ccccc2)c1CN(Cc1cccc(OCC)c1)Cc1ccc2c(c1)OCO2. The standard InChI is InChI=1S/C39H41N3O3/c1-3-5-23-42-36(35(21-19-30-13-8-6-9-14-30)40-39(42)33-16-10-7-11-17-33)28-41(26-31-15-12-18-34(24-31)43-4-2)27-32-20-22-37-38(25-32)45-29-44-37/h6-22,24-25H,3-5,23,26-29H2,1-2H3. The van der Waals surface area contributed by atoms with Gasteiger partial charge in [0.05, 0.1) is 18.0 Å². The third-order valence-electron chi connectivity index (χ3n) is 7.94. The summed E-state index contributed by atoms with van der Waals surface area (Å²) >= 11 is 0. The number of unbranched alkanes of at least 4 members (excludes halogenated alkanes) is 1. The molecule has 0 radical (unpaired) electrons. The highest BCUT2D eigenvalue weighted by molar-refractivity contribution is 5.71. The van der Waals surface area contributed by atoms with E-state index in [1.54, 1.807) is 0 Å². The van der Waals surface area contributed by atoms with Crippen LogP contribution in [0.15, 0.2) is 103 Å². The van der Waals surface area contributed by atoms with Crippen molar-refractivity contribution in [3.63, 3.8) is 0 Å². The number of ether oxygens (including phenoxy) is 3. The minimum Gasteiger partial charge on any atom is -0.494 e. The van der Waals surface area contributed by atoms with Gasteiger partial charge in [-0.25, -0.2) is 4.98 Å². The quantitative estimate of drug-likeness (QED) is 0.128. The van der Waals surface area contributed by atoms with Crippen LogP contribution in [0.4, 0.5) is 0 Å². The summed E-state index contributed by atoms with van der Waals surface area (Å²) in [5, 5.41) is 0. The van der Waals surface area contributed by atoms with Crippen molar-refractivity contribution in [1.82, 2.24) is 14.5 Å². The number of fused-ring (bicyclic) bond motifs is 1. The minimum atomic E-state index is 0.267. The second-order valence-corrected chi connectivity index (χ2v) is 11.3. The van der Waals surface area contributed by atoms with Crippen LogP contribution in [-0.2, 0) is 26.2 Å². The maximum absolute atomic E-state index is 5.85. The number of aromatic nitrogens is 2. The first-order valence-electron chi connectivity index (χ1n) is 15.9. The van der Waals surface area contributed by atoms with E-state index >= 15 is 0 Å². The first kappa shape index (κ1) is 30.2. The average molecular weight is 600 g/mol. The Morgan fingerprint density at radius 3 is 2.31 bits per heavy atom. The van der Waals surface area contributed by atoms with Gasteiger partial charge in [0, 0.05) is 31.7 Å². The number of benzene rings is 4. The molecule has 1 aromatic heterocycles. The molecule has 0 N–H and O–H groups in total. The molecule has 45 heavy (non-hydrogen) atoms. The van der Waals surface area contributed by atoms with Crippen LogP contribution in [0, 0.1) is 0 Å². The molecule has 0 saturated carbocycles. The molecule has 0 saturated heterocycles. The van der Waals surface area contributed by atoms with Crippen LogP contribution in [-0.4, -0.2) is 27.9 Å². The molecule has 0 bridgehead atoms. The van der Waals surface area contributed by atoms with Gasteiger partial charge >= 0.3 is 0 Å². The summed E-state index contributed by atoms with van der Waals surface area (Å²) in [6, 6.07) is 35.7. The average Bonchev–Trinajstić information content (AvgIpc) is 3.68. The zero-order valence-electron chi connectivity index (χ0n) is 26.2. The van der Waals surface area contributed by atoms with Crippen LogP contribution in [0.2, 0.25) is 0 Å². The van der Waals surface area contributed by atoms with E-state index in [9.17, 15) is 0 Å². The first-order chi connectivity index (χ1) is 22.2. The Morgan fingerprint density at radius 1 is 0.778 bits per heavy atom. The van der Waals surface area contributed by atoms with E-state index < -0.39 is 0 Å². The van der Waals surface area contributed by atoms with Gasteiger partial charge in [-0.05, 0) is 60.4 Å². The predicted molar refractivity (Wildman–Crippen MR) is 181 cm³/mol. The van der Waals surface area contributed by atoms with Crippen molar-refractivity contribution in [1.29, 1.82) is 0 Å². The van der Waals surface area contributed by atoms with Gasteiger partial charge in [-0.15, -0.1) is 0 Å². The van der Waals surface area contributed by atoms with Crippen molar-refractivity contribution < 1.29 is 14.2 Å². The second-order valence-electron chi connectivity index (χ2n) is 11.3. The third-order valence-corrected chi connectivity index (χ3v) is 7.94. The van der Waals surface area contributed by atoms with Crippen molar-refractivity contribution in [2.24, 2.45) is 0 Å². The van der Waals surface area contributed by atoms with Gasteiger partial charge in [0.2, 0.25) is 6.79 Å². The summed E-state index contributed by atoms with van der Waals surface area (Å²) < 4.78 is 19.6. The zero-order valence-corrected chi connectivity index (χ0v) is 26.2. The Hall–Kier alpha value is -4.81. The zero-order chi connectivity index (χ0) is 30.8. The van der Waals surface area contributed by atoms with E-state index in [4.69, 9.17) is 19.2 Å². The van der Waals surface area contributed by atoms with Gasteiger partial charge in [0.1, 0.15) is 11.6 Å². The number of imidazole rings is 1. The van der Waals surface area contributed by atoms with Crippen LogP contribution < -0.4 is 14.2 Å². The summed E-state index contributed by atoms with van der Waals surface area (Å²) in [6.07, 6.45) is 6.52. The van der Waals surface area contributed by atoms with E-state index in [-0.39, 0.29) is 6.79 Å². The number of hydrogen-bond acceptors (Lipinski definition) is 5. The summed E-state index contributed by atoms with van der Waals surface area (Å²) in [4.78, 5) is 7.78. The fourth-order valence-electron chi connectivity index (χ4n) is 5.74. The van der Waals surface area contributed by atoms with Crippen LogP contribution in [0.25, 0.3) is 23.5 Å². The Kier molecular flexibility index (Phi) is 9.93. The Bertz CT molecular complexity index is 1710. The van der Waals surface area contributed by atoms with E-state index in [0.717, 1.165) is 72.4 Å². The van der Waals surface area contributed by atoms with Gasteiger partial charge < -0.3 is 18.8 Å². The molecule has 6 heteroatoms. The molecule has 5 aromatic rings. The van der Waals surface area contributed by atoms with Crippen molar-refractivity contribution in [3.05, 3.63) is 131 Å². The van der Waals surface area contributed by atoms with Gasteiger partial charge in [-0.2, -0.15) is 0 Å². The molecular weight excluding hydrogens is 558 g/mol. The van der Waals surface area contributed by atoms with E-state index in [1.807, 2.05) is 25.1 Å². The number of nitrogens with zero attached hydrogens (tertiary/aromatic N) is 3. The topological polar surface area (TPSA) is 48.8 Å². The minimum absolute atomic E-state index is 0.267. The van der Waals surface area contributed by atoms with Crippen molar-refractivity contribution in [2.75, 3.05) is 13.4 Å². The van der Waals surface area contributed by atoms with Crippen LogP contribution in [0.5, 0.6) is 17.2 Å². The molecule has 0 aliphatic carbocycles. The molecule has 6 rings (SSSR count). The molecule has 2 heterocycles. The molecule has 0 fully saturated rings. The fourth-order valence-corrected chi connectivity index (χ4v) is 5.74. The first-order valence-corrected chi connectivity index (χ1v) is 15.9. The maximum Gasteiger partial charge on any atom is 0.231 e. The Labute approximate surface area is 266 Å². The lowest BCUT2D eigenvalue weighted by Gasteiger charge is -2.25. The Balaban J connectivity index is 1.41. The van der Waals surface area contributed by atoms with Gasteiger partial charge in [-0.3, -0.25) is 4.90 Å². The molecule has 0 amide bonds. The molecular formula is C39H41N3O3. The fraction of sp³-hybridized carbons (Fsp3) is 0.256. The smallest absolute Gasteiger partial charge is 0.231 e. The largest absolute Gasteiger partial charge is 0.494 e. The highest BCUT2D eigenvalue weighted by Gasteiger charge is 2.21. The van der Waals surface area contributed by atoms with Gasteiger partial charge in [-0.1, -0.05) is 98.3 Å².